The molecule has 0 saturated carbocycles. The number of aromatic nitrogens is 1. The van der Waals surface area contributed by atoms with Gasteiger partial charge in [0.2, 0.25) is 5.43 Å². The van der Waals surface area contributed by atoms with E-state index in [1.165, 1.54) is 17.7 Å². The van der Waals surface area contributed by atoms with E-state index in [-0.39, 0.29) is 5.75 Å². The van der Waals surface area contributed by atoms with Crippen LogP contribution < -0.4 is 5.43 Å². The van der Waals surface area contributed by atoms with Crippen molar-refractivity contribution in [1.29, 1.82) is 0 Å². The van der Waals surface area contributed by atoms with Gasteiger partial charge in [0.05, 0.1) is 5.69 Å². The molecule has 5 heteroatoms. The molecule has 82 valence electrons. The first-order chi connectivity index (χ1) is 6.99. The van der Waals surface area contributed by atoms with Crippen LogP contribution in [0.2, 0.25) is 0 Å². The summed E-state index contributed by atoms with van der Waals surface area (Å²) in [6, 6.07) is 0.361. The van der Waals surface area contributed by atoms with Crippen molar-refractivity contribution in [2.45, 2.75) is 26.3 Å². The van der Waals surface area contributed by atoms with Crippen LogP contribution in [0.5, 0.6) is 5.75 Å². The van der Waals surface area contributed by atoms with Crippen LogP contribution >= 0.6 is 0 Å². The van der Waals surface area contributed by atoms with Crippen molar-refractivity contribution in [2.24, 2.45) is 0 Å². The van der Waals surface area contributed by atoms with Crippen molar-refractivity contribution in [3.8, 4) is 5.75 Å². The van der Waals surface area contributed by atoms with Gasteiger partial charge in [-0.1, -0.05) is 6.92 Å². The molecule has 0 spiro atoms. The van der Waals surface area contributed by atoms with Gasteiger partial charge in [0.15, 0.2) is 5.75 Å². The number of carboxylic acids is 1. The Bertz CT molecular complexity index is 436. The van der Waals surface area contributed by atoms with Crippen LogP contribution in [0.3, 0.4) is 0 Å². The zero-order chi connectivity index (χ0) is 11.6. The molecule has 1 atom stereocenters. The zero-order valence-corrected chi connectivity index (χ0v) is 8.60. The maximum atomic E-state index is 11.1. The molecule has 1 aromatic heterocycles. The number of pyridine rings is 1. The molecule has 0 bridgehead atoms. The summed E-state index contributed by atoms with van der Waals surface area (Å²) in [5.74, 6) is -1.37. The highest BCUT2D eigenvalue weighted by Gasteiger charge is 2.17. The Morgan fingerprint density at radius 3 is 2.67 bits per heavy atom. The standard InChI is InChI=1S/C10H13NO4/c1-3-7-9(13)8(12)4-5-11(7)6(2)10(14)15/h4-6,13H,3H2,1-2H3,(H,14,15). The van der Waals surface area contributed by atoms with Gasteiger partial charge in [0, 0.05) is 12.3 Å². The minimum atomic E-state index is -1.01. The van der Waals surface area contributed by atoms with Crippen molar-refractivity contribution in [3.63, 3.8) is 0 Å². The Morgan fingerprint density at radius 2 is 2.20 bits per heavy atom. The highest BCUT2D eigenvalue weighted by Crippen LogP contribution is 2.17. The quantitative estimate of drug-likeness (QED) is 0.773. The van der Waals surface area contributed by atoms with Gasteiger partial charge in [-0.2, -0.15) is 0 Å². The zero-order valence-electron chi connectivity index (χ0n) is 8.60. The van der Waals surface area contributed by atoms with E-state index in [9.17, 15) is 14.7 Å². The fourth-order valence-electron chi connectivity index (χ4n) is 1.41. The minimum Gasteiger partial charge on any atom is -0.503 e. The molecule has 5 nitrogen and oxygen atoms in total. The van der Waals surface area contributed by atoms with Crippen molar-refractivity contribution in [2.75, 3.05) is 0 Å². The number of aliphatic carboxylic acids is 1. The fourth-order valence-corrected chi connectivity index (χ4v) is 1.41. The summed E-state index contributed by atoms with van der Waals surface area (Å²) in [4.78, 5) is 21.9. The number of aromatic hydroxyl groups is 1. The number of nitrogens with zero attached hydrogens (tertiary/aromatic N) is 1. The summed E-state index contributed by atoms with van der Waals surface area (Å²) in [5, 5.41) is 18.3. The molecular weight excluding hydrogens is 198 g/mol. The van der Waals surface area contributed by atoms with Crippen LogP contribution in [-0.4, -0.2) is 20.7 Å². The van der Waals surface area contributed by atoms with Gasteiger partial charge < -0.3 is 14.8 Å². The summed E-state index contributed by atoms with van der Waals surface area (Å²) in [6.45, 7) is 3.24. The second-order valence-electron chi connectivity index (χ2n) is 3.25. The molecule has 0 aromatic carbocycles. The molecule has 15 heavy (non-hydrogen) atoms. The number of rotatable bonds is 3. The fraction of sp³-hybridized carbons (Fsp3) is 0.400. The van der Waals surface area contributed by atoms with Gasteiger partial charge in [-0.25, -0.2) is 4.79 Å². The van der Waals surface area contributed by atoms with Gasteiger partial charge in [-0.15, -0.1) is 0 Å². The summed E-state index contributed by atoms with van der Waals surface area (Å²) in [6.07, 6.45) is 1.79. The summed E-state index contributed by atoms with van der Waals surface area (Å²) in [5.41, 5.74) is -0.141. The van der Waals surface area contributed by atoms with Crippen LogP contribution in [0.1, 0.15) is 25.6 Å². The third-order valence-corrected chi connectivity index (χ3v) is 2.31. The first-order valence-corrected chi connectivity index (χ1v) is 4.64. The molecule has 0 amide bonds. The normalized spacial score (nSPS) is 12.4. The van der Waals surface area contributed by atoms with E-state index in [0.29, 0.717) is 12.1 Å². The van der Waals surface area contributed by atoms with Gasteiger partial charge in [0.1, 0.15) is 6.04 Å². The van der Waals surface area contributed by atoms with E-state index in [2.05, 4.69) is 0 Å². The predicted molar refractivity (Wildman–Crippen MR) is 54.1 cm³/mol. The van der Waals surface area contributed by atoms with E-state index in [4.69, 9.17) is 5.11 Å². The average molecular weight is 211 g/mol. The number of hydrogen-bond acceptors (Lipinski definition) is 3. The third-order valence-electron chi connectivity index (χ3n) is 2.31. The Hall–Kier alpha value is -1.78. The van der Waals surface area contributed by atoms with E-state index < -0.39 is 17.4 Å². The monoisotopic (exact) mass is 211 g/mol. The largest absolute Gasteiger partial charge is 0.503 e. The molecule has 0 aliphatic heterocycles. The molecule has 1 rings (SSSR count). The second kappa shape index (κ2) is 4.16. The Morgan fingerprint density at radius 1 is 1.60 bits per heavy atom. The van der Waals surface area contributed by atoms with Crippen molar-refractivity contribution in [1.82, 2.24) is 4.57 Å². The smallest absolute Gasteiger partial charge is 0.326 e. The molecule has 0 saturated heterocycles. The molecule has 2 N–H and O–H groups in total. The van der Waals surface area contributed by atoms with Crippen molar-refractivity contribution < 1.29 is 15.0 Å². The Balaban J connectivity index is 3.37. The van der Waals surface area contributed by atoms with Gasteiger partial charge >= 0.3 is 5.97 Å². The highest BCUT2D eigenvalue weighted by molar-refractivity contribution is 5.71. The van der Waals surface area contributed by atoms with Gasteiger partial charge in [-0.05, 0) is 13.3 Å². The van der Waals surface area contributed by atoms with E-state index in [0.717, 1.165) is 6.07 Å². The summed E-state index contributed by atoms with van der Waals surface area (Å²) in [7, 11) is 0. The van der Waals surface area contributed by atoms with Crippen LogP contribution in [0.4, 0.5) is 0 Å². The van der Waals surface area contributed by atoms with Crippen LogP contribution in [-0.2, 0) is 11.2 Å². The molecule has 1 heterocycles. The van der Waals surface area contributed by atoms with E-state index in [1.54, 1.807) is 6.92 Å². The topological polar surface area (TPSA) is 79.5 Å². The molecule has 0 aliphatic rings. The first-order valence-electron chi connectivity index (χ1n) is 4.64. The number of carbonyl (C=O) groups is 1. The lowest BCUT2D eigenvalue weighted by Gasteiger charge is -2.16. The Kier molecular flexibility index (Phi) is 3.14. The van der Waals surface area contributed by atoms with Gasteiger partial charge in [0.25, 0.3) is 0 Å². The van der Waals surface area contributed by atoms with E-state index in [1.807, 2.05) is 0 Å². The van der Waals surface area contributed by atoms with Crippen LogP contribution in [0.15, 0.2) is 17.1 Å². The average Bonchev–Trinajstić information content (AvgIpc) is 2.20. The molecule has 0 radical (unpaired) electrons. The summed E-state index contributed by atoms with van der Waals surface area (Å²) < 4.78 is 1.39. The Labute approximate surface area is 86.6 Å². The van der Waals surface area contributed by atoms with Crippen molar-refractivity contribution in [3.05, 3.63) is 28.2 Å². The lowest BCUT2D eigenvalue weighted by Crippen LogP contribution is -2.21. The second-order valence-corrected chi connectivity index (χ2v) is 3.25. The van der Waals surface area contributed by atoms with Crippen LogP contribution in [0.25, 0.3) is 0 Å². The predicted octanol–water partition coefficient (Wildman–Crippen LogP) is 0.762. The molecule has 1 aromatic rings. The highest BCUT2D eigenvalue weighted by atomic mass is 16.4. The number of hydrogen-bond donors (Lipinski definition) is 2. The first kappa shape index (κ1) is 11.3. The SMILES string of the molecule is CCc1c(O)c(=O)ccn1C(C)C(=O)O. The van der Waals surface area contributed by atoms with Gasteiger partial charge in [-0.3, -0.25) is 4.79 Å². The lowest BCUT2D eigenvalue weighted by atomic mass is 10.2. The molecule has 0 aliphatic carbocycles. The molecule has 1 unspecified atom stereocenters. The molecule has 0 fully saturated rings. The molecular formula is C10H13NO4. The number of carboxylic acid groups (broad SMARTS) is 1. The summed E-state index contributed by atoms with van der Waals surface area (Å²) >= 11 is 0. The van der Waals surface area contributed by atoms with Crippen LogP contribution in [0, 0.1) is 0 Å². The lowest BCUT2D eigenvalue weighted by molar-refractivity contribution is -0.140. The third kappa shape index (κ3) is 2.01. The maximum absolute atomic E-state index is 11.1. The minimum absolute atomic E-state index is 0.345. The van der Waals surface area contributed by atoms with E-state index >= 15 is 0 Å². The van der Waals surface area contributed by atoms with Crippen molar-refractivity contribution >= 4 is 5.97 Å². The maximum Gasteiger partial charge on any atom is 0.326 e.